The Bertz CT molecular complexity index is 781. The van der Waals surface area contributed by atoms with Crippen molar-refractivity contribution in [3.63, 3.8) is 0 Å². The van der Waals surface area contributed by atoms with E-state index in [2.05, 4.69) is 31.4 Å². The molecule has 204 valence electrons. The van der Waals surface area contributed by atoms with Crippen molar-refractivity contribution in [1.82, 2.24) is 15.4 Å². The lowest BCUT2D eigenvalue weighted by atomic mass is 10.3. The van der Waals surface area contributed by atoms with Crippen LogP contribution in [0.4, 0.5) is 31.7 Å². The predicted octanol–water partition coefficient (Wildman–Crippen LogP) is 3.83. The van der Waals surface area contributed by atoms with Crippen molar-refractivity contribution < 1.29 is 42.8 Å². The molecule has 3 N–H and O–H groups in total. The van der Waals surface area contributed by atoms with Crippen molar-refractivity contribution in [1.29, 1.82) is 0 Å². The summed E-state index contributed by atoms with van der Waals surface area (Å²) >= 11 is 0. The van der Waals surface area contributed by atoms with E-state index in [0.717, 1.165) is 0 Å². The standard InChI is InChI=1S/C21H36N6O9/c1-7-10-13(31-4)34-19(28)22-16-17(23-20(29)35-14(32-5)11-8-2)25-27-26-18(16)24-21(30)36-15(33-6)12-9-3/h13-15H,7-12H2,1-6H3,(H,22,27,28)(H2,23,24,25,26,29,30). The third-order valence-electron chi connectivity index (χ3n) is 4.51. The summed E-state index contributed by atoms with van der Waals surface area (Å²) in [5.74, 6) is -0.565. The highest BCUT2D eigenvalue weighted by Crippen LogP contribution is 2.27. The maximum atomic E-state index is 12.5. The summed E-state index contributed by atoms with van der Waals surface area (Å²) in [5.41, 5.74) is -0.232. The molecule has 0 saturated carbocycles. The molecular formula is C21H36N6O9. The van der Waals surface area contributed by atoms with Gasteiger partial charge in [0.25, 0.3) is 0 Å². The van der Waals surface area contributed by atoms with Gasteiger partial charge in [0, 0.05) is 40.6 Å². The number of hydrogen-bond donors (Lipinski definition) is 3. The molecule has 0 fully saturated rings. The van der Waals surface area contributed by atoms with Gasteiger partial charge in [0.2, 0.25) is 18.9 Å². The first-order chi connectivity index (χ1) is 17.3. The number of amides is 3. The highest BCUT2D eigenvalue weighted by atomic mass is 16.7. The van der Waals surface area contributed by atoms with Gasteiger partial charge in [-0.25, -0.2) is 14.4 Å². The van der Waals surface area contributed by atoms with E-state index in [1.165, 1.54) is 21.3 Å². The van der Waals surface area contributed by atoms with Gasteiger partial charge in [-0.05, 0) is 5.21 Å². The number of anilines is 3. The van der Waals surface area contributed by atoms with Crippen LogP contribution < -0.4 is 16.0 Å². The van der Waals surface area contributed by atoms with Crippen molar-refractivity contribution in [2.24, 2.45) is 0 Å². The van der Waals surface area contributed by atoms with Crippen LogP contribution in [0.15, 0.2) is 0 Å². The molecule has 0 bridgehead atoms. The molecule has 3 unspecified atom stereocenters. The zero-order valence-electron chi connectivity index (χ0n) is 21.5. The second-order valence-corrected chi connectivity index (χ2v) is 7.31. The summed E-state index contributed by atoms with van der Waals surface area (Å²) in [6.45, 7) is 5.68. The van der Waals surface area contributed by atoms with Gasteiger partial charge in [-0.15, -0.1) is 10.2 Å². The lowest BCUT2D eigenvalue weighted by Crippen LogP contribution is -2.29. The minimum Gasteiger partial charge on any atom is -0.419 e. The number of rotatable bonds is 15. The van der Waals surface area contributed by atoms with E-state index in [1.54, 1.807) is 0 Å². The first kappa shape index (κ1) is 30.7. The van der Waals surface area contributed by atoms with E-state index in [4.69, 9.17) is 28.4 Å². The van der Waals surface area contributed by atoms with Crippen LogP contribution in [-0.4, -0.2) is 73.9 Å². The minimum absolute atomic E-state index is 0.232. The van der Waals surface area contributed by atoms with Crippen molar-refractivity contribution in [2.75, 3.05) is 37.3 Å². The van der Waals surface area contributed by atoms with Crippen molar-refractivity contribution in [2.45, 2.75) is 78.2 Å². The molecule has 0 spiro atoms. The van der Waals surface area contributed by atoms with Crippen molar-refractivity contribution in [3.05, 3.63) is 0 Å². The normalized spacial score (nSPS) is 13.2. The molecule has 1 aromatic rings. The van der Waals surface area contributed by atoms with Crippen LogP contribution in [0.25, 0.3) is 0 Å². The SMILES string of the molecule is CCCC(OC)OC(=O)Nc1nnnc(NC(=O)OC(CCC)OC)c1NC(=O)OC(CCC)OC. The molecule has 15 nitrogen and oxygen atoms in total. The van der Waals surface area contributed by atoms with Crippen LogP contribution in [0.5, 0.6) is 0 Å². The fourth-order valence-electron chi connectivity index (χ4n) is 2.74. The van der Waals surface area contributed by atoms with Crippen LogP contribution in [-0.2, 0) is 28.4 Å². The van der Waals surface area contributed by atoms with Gasteiger partial charge in [0.15, 0.2) is 11.6 Å². The molecular weight excluding hydrogens is 480 g/mol. The molecule has 0 aliphatic heterocycles. The van der Waals surface area contributed by atoms with E-state index in [9.17, 15) is 14.4 Å². The largest absolute Gasteiger partial charge is 0.419 e. The first-order valence-corrected chi connectivity index (χ1v) is 11.6. The van der Waals surface area contributed by atoms with Gasteiger partial charge < -0.3 is 28.4 Å². The third kappa shape index (κ3) is 11.0. The van der Waals surface area contributed by atoms with Crippen LogP contribution in [0.1, 0.15) is 59.3 Å². The molecule has 1 rings (SSSR count). The average Bonchev–Trinajstić information content (AvgIpc) is 2.84. The van der Waals surface area contributed by atoms with E-state index in [-0.39, 0.29) is 17.3 Å². The van der Waals surface area contributed by atoms with Crippen LogP contribution >= 0.6 is 0 Å². The molecule has 1 aromatic heterocycles. The molecule has 0 saturated heterocycles. The Labute approximate surface area is 209 Å². The summed E-state index contributed by atoms with van der Waals surface area (Å²) in [6.07, 6.45) is -1.83. The van der Waals surface area contributed by atoms with Crippen molar-refractivity contribution >= 4 is 35.6 Å². The third-order valence-corrected chi connectivity index (χ3v) is 4.51. The Morgan fingerprint density at radius 2 is 0.972 bits per heavy atom. The Kier molecular flexibility index (Phi) is 14.7. The van der Waals surface area contributed by atoms with Gasteiger partial charge >= 0.3 is 18.3 Å². The van der Waals surface area contributed by atoms with Gasteiger partial charge in [0.1, 0.15) is 5.69 Å². The quantitative estimate of drug-likeness (QED) is 0.227. The average molecular weight is 517 g/mol. The topological polar surface area (TPSA) is 181 Å². The summed E-state index contributed by atoms with van der Waals surface area (Å²) in [4.78, 5) is 37.3. The second kappa shape index (κ2) is 17.2. The number of carbonyl (C=O) groups excluding carboxylic acids is 3. The highest BCUT2D eigenvalue weighted by molar-refractivity contribution is 6.00. The number of nitrogens with zero attached hydrogens (tertiary/aromatic N) is 3. The summed E-state index contributed by atoms with van der Waals surface area (Å²) in [7, 11) is 4.18. The van der Waals surface area contributed by atoms with E-state index in [0.29, 0.717) is 38.5 Å². The van der Waals surface area contributed by atoms with Crippen LogP contribution in [0, 0.1) is 0 Å². The zero-order chi connectivity index (χ0) is 26.9. The number of ether oxygens (including phenoxy) is 6. The first-order valence-electron chi connectivity index (χ1n) is 11.6. The van der Waals surface area contributed by atoms with Crippen LogP contribution in [0.3, 0.4) is 0 Å². The molecule has 1 heterocycles. The van der Waals surface area contributed by atoms with E-state index in [1.807, 2.05) is 20.8 Å². The Hall–Kier alpha value is -3.30. The monoisotopic (exact) mass is 516 g/mol. The molecule has 3 atom stereocenters. The molecule has 36 heavy (non-hydrogen) atoms. The molecule has 0 aromatic carbocycles. The maximum absolute atomic E-state index is 12.5. The number of carbonyl (C=O) groups is 3. The lowest BCUT2D eigenvalue weighted by Gasteiger charge is -2.19. The number of aromatic nitrogens is 3. The molecule has 3 amide bonds. The molecule has 0 radical (unpaired) electrons. The second-order valence-electron chi connectivity index (χ2n) is 7.31. The lowest BCUT2D eigenvalue weighted by molar-refractivity contribution is -0.0820. The summed E-state index contributed by atoms with van der Waals surface area (Å²) in [6, 6.07) is 0. The summed E-state index contributed by atoms with van der Waals surface area (Å²) in [5, 5.41) is 18.1. The Morgan fingerprint density at radius 1 is 0.639 bits per heavy atom. The smallest absolute Gasteiger partial charge is 0.415 e. The van der Waals surface area contributed by atoms with Gasteiger partial charge in [-0.2, -0.15) is 0 Å². The van der Waals surface area contributed by atoms with Gasteiger partial charge in [-0.3, -0.25) is 16.0 Å². The fraction of sp³-hybridized carbons (Fsp3) is 0.714. The Morgan fingerprint density at radius 3 is 1.28 bits per heavy atom. The predicted molar refractivity (Wildman–Crippen MR) is 127 cm³/mol. The minimum atomic E-state index is -0.959. The maximum Gasteiger partial charge on any atom is 0.415 e. The zero-order valence-corrected chi connectivity index (χ0v) is 21.5. The fourth-order valence-corrected chi connectivity index (χ4v) is 2.74. The van der Waals surface area contributed by atoms with Gasteiger partial charge in [0.05, 0.1) is 0 Å². The molecule has 0 aliphatic rings. The summed E-state index contributed by atoms with van der Waals surface area (Å²) < 4.78 is 30.9. The number of hydrogen-bond acceptors (Lipinski definition) is 12. The van der Waals surface area contributed by atoms with Crippen LogP contribution in [0.2, 0.25) is 0 Å². The van der Waals surface area contributed by atoms with E-state index < -0.39 is 37.1 Å². The van der Waals surface area contributed by atoms with Gasteiger partial charge in [-0.1, -0.05) is 40.0 Å². The van der Waals surface area contributed by atoms with Crippen molar-refractivity contribution in [3.8, 4) is 0 Å². The highest BCUT2D eigenvalue weighted by Gasteiger charge is 2.24. The number of nitrogens with one attached hydrogen (secondary N) is 3. The number of methoxy groups -OCH3 is 3. The molecule has 15 heteroatoms. The Balaban J connectivity index is 3.16. The van der Waals surface area contributed by atoms with E-state index >= 15 is 0 Å². The molecule has 0 aliphatic carbocycles.